The highest BCUT2D eigenvalue weighted by molar-refractivity contribution is 7.99. The summed E-state index contributed by atoms with van der Waals surface area (Å²) in [4.78, 5) is 29.3. The van der Waals surface area contributed by atoms with Crippen molar-refractivity contribution in [2.24, 2.45) is 0 Å². The number of ether oxygens (including phenoxy) is 1. The van der Waals surface area contributed by atoms with Gasteiger partial charge in [0.1, 0.15) is 5.75 Å². The molecule has 2 N–H and O–H groups in total. The Morgan fingerprint density at radius 3 is 3.09 bits per heavy atom. The fourth-order valence-electron chi connectivity index (χ4n) is 4.74. The Labute approximate surface area is 206 Å². The second kappa shape index (κ2) is 9.07. The predicted octanol–water partition coefficient (Wildman–Crippen LogP) is 3.76. The Kier molecular flexibility index (Phi) is 5.61. The van der Waals surface area contributed by atoms with Crippen LogP contribution in [0.25, 0.3) is 16.6 Å². The molecule has 4 aromatic rings. The molecule has 1 amide bonds. The molecule has 8 nitrogen and oxygen atoms in total. The zero-order chi connectivity index (χ0) is 23.8. The molecule has 0 fully saturated rings. The average Bonchev–Trinajstić information content (AvgIpc) is 3.31. The Hall–Kier alpha value is -3.85. The first-order valence-corrected chi connectivity index (χ1v) is 12.5. The Morgan fingerprint density at radius 2 is 2.17 bits per heavy atom. The topological polar surface area (TPSA) is 98.1 Å². The lowest BCUT2D eigenvalue weighted by molar-refractivity contribution is -0.120. The number of fused-ring (bicyclic) bond motifs is 3. The molecule has 1 aliphatic heterocycles. The van der Waals surface area contributed by atoms with Crippen molar-refractivity contribution in [2.45, 2.75) is 30.2 Å². The summed E-state index contributed by atoms with van der Waals surface area (Å²) in [5.74, 6) is 1.45. The molecule has 0 spiro atoms. The summed E-state index contributed by atoms with van der Waals surface area (Å²) in [6.07, 6.45) is 6.12. The Bertz CT molecular complexity index is 1450. The highest BCUT2D eigenvalue weighted by atomic mass is 32.2. The number of aromatic nitrogens is 3. The molecule has 35 heavy (non-hydrogen) atoms. The third kappa shape index (κ3) is 4.23. The number of pyridine rings is 1. The molecule has 0 bridgehead atoms. The number of amides is 1. The van der Waals surface area contributed by atoms with Gasteiger partial charge in [-0.05, 0) is 67.3 Å². The lowest BCUT2D eigenvalue weighted by atomic mass is 9.93. The number of hydrogen-bond donors (Lipinski definition) is 2. The molecule has 1 atom stereocenters. The molecule has 0 saturated heterocycles. The van der Waals surface area contributed by atoms with Gasteiger partial charge in [-0.2, -0.15) is 5.10 Å². The normalized spacial score (nSPS) is 16.6. The maximum Gasteiger partial charge on any atom is 0.298 e. The number of thioether (sulfide) groups is 1. The van der Waals surface area contributed by atoms with Crippen molar-refractivity contribution in [1.82, 2.24) is 20.1 Å². The molecule has 2 aliphatic rings. The number of aryl methyl sites for hydroxylation is 1. The molecule has 176 valence electrons. The van der Waals surface area contributed by atoms with E-state index in [1.807, 2.05) is 53.0 Å². The van der Waals surface area contributed by atoms with Crippen LogP contribution in [0, 0.1) is 0 Å². The number of hydrogen-bond acceptors (Lipinski definition) is 7. The van der Waals surface area contributed by atoms with Crippen LogP contribution in [-0.2, 0) is 17.6 Å². The molecule has 2 aromatic heterocycles. The van der Waals surface area contributed by atoms with Crippen molar-refractivity contribution >= 4 is 40.7 Å². The number of nitrogens with one attached hydrogen (secondary N) is 2. The first-order valence-electron chi connectivity index (χ1n) is 11.6. The summed E-state index contributed by atoms with van der Waals surface area (Å²) in [5.41, 5.74) is 5.52. The number of anilines is 1. The molecule has 6 rings (SSSR count). The van der Waals surface area contributed by atoms with Crippen LogP contribution in [0.3, 0.4) is 0 Å². The van der Waals surface area contributed by atoms with Gasteiger partial charge in [0.2, 0.25) is 0 Å². The lowest BCUT2D eigenvalue weighted by Gasteiger charge is -2.23. The molecule has 1 aliphatic carbocycles. The van der Waals surface area contributed by atoms with Crippen LogP contribution in [0.5, 0.6) is 5.75 Å². The van der Waals surface area contributed by atoms with Gasteiger partial charge in [0.25, 0.3) is 12.4 Å². The minimum Gasteiger partial charge on any atom is -0.429 e. The van der Waals surface area contributed by atoms with E-state index in [9.17, 15) is 9.59 Å². The first kappa shape index (κ1) is 21.7. The van der Waals surface area contributed by atoms with E-state index in [4.69, 9.17) is 9.84 Å². The van der Waals surface area contributed by atoms with Crippen LogP contribution in [-0.4, -0.2) is 45.5 Å². The average molecular weight is 486 g/mol. The van der Waals surface area contributed by atoms with E-state index in [1.54, 1.807) is 18.3 Å². The monoisotopic (exact) mass is 485 g/mol. The van der Waals surface area contributed by atoms with Gasteiger partial charge in [0, 0.05) is 52.3 Å². The number of carbonyl (C=O) groups excluding carboxylic acids is 2. The zero-order valence-electron chi connectivity index (χ0n) is 18.9. The van der Waals surface area contributed by atoms with Crippen LogP contribution >= 0.6 is 11.8 Å². The van der Waals surface area contributed by atoms with E-state index in [0.29, 0.717) is 17.8 Å². The summed E-state index contributed by atoms with van der Waals surface area (Å²) in [5, 5.41) is 12.3. The van der Waals surface area contributed by atoms with Gasteiger partial charge in [0.15, 0.2) is 0 Å². The van der Waals surface area contributed by atoms with Crippen molar-refractivity contribution in [3.05, 3.63) is 71.7 Å². The fraction of sp³-hybridized carbons (Fsp3) is 0.231. The first-order chi connectivity index (χ1) is 17.2. The van der Waals surface area contributed by atoms with E-state index >= 15 is 0 Å². The summed E-state index contributed by atoms with van der Waals surface area (Å²) in [6, 6.07) is 13.1. The van der Waals surface area contributed by atoms with E-state index in [1.165, 1.54) is 4.90 Å². The molecular formula is C26H23N5O3S. The summed E-state index contributed by atoms with van der Waals surface area (Å²) in [7, 11) is 0. The van der Waals surface area contributed by atoms with Crippen LogP contribution in [0.2, 0.25) is 0 Å². The second-order valence-corrected chi connectivity index (χ2v) is 9.80. The van der Waals surface area contributed by atoms with E-state index in [2.05, 4.69) is 15.6 Å². The van der Waals surface area contributed by atoms with Crippen molar-refractivity contribution < 1.29 is 14.3 Å². The summed E-state index contributed by atoms with van der Waals surface area (Å²) in [6.45, 7) is 1.33. The van der Waals surface area contributed by atoms with E-state index in [0.717, 1.165) is 65.1 Å². The molecular weight excluding hydrogens is 462 g/mol. The minimum atomic E-state index is -0.0474. The summed E-state index contributed by atoms with van der Waals surface area (Å²) < 4.78 is 6.88. The van der Waals surface area contributed by atoms with E-state index < -0.39 is 0 Å². The molecule has 0 saturated carbocycles. The largest absolute Gasteiger partial charge is 0.429 e. The third-order valence-electron chi connectivity index (χ3n) is 6.45. The van der Waals surface area contributed by atoms with Crippen molar-refractivity contribution in [3.63, 3.8) is 0 Å². The molecule has 2 aromatic carbocycles. The van der Waals surface area contributed by atoms with Gasteiger partial charge < -0.3 is 15.4 Å². The predicted molar refractivity (Wildman–Crippen MR) is 134 cm³/mol. The highest BCUT2D eigenvalue weighted by Crippen LogP contribution is 2.32. The maximum atomic E-state index is 13.0. The fourth-order valence-corrected chi connectivity index (χ4v) is 5.62. The standard InChI is InChI=1S/C26H23N5O3S/c32-15-34-19-3-5-22-20(13-19)24(7-8-27-22)31-14-17-11-18(2-4-21(17)30-31)29-26(33)16-1-6-25-23(12-16)28-9-10-35-25/h1,3,5-8,12-15,18,28H,2,4,9-11H2,(H,29,33). The Balaban J connectivity index is 1.22. The minimum absolute atomic E-state index is 0.0474. The van der Waals surface area contributed by atoms with Gasteiger partial charge in [-0.3, -0.25) is 14.6 Å². The number of carbonyl (C=O) groups is 2. The smallest absolute Gasteiger partial charge is 0.298 e. The quantitative estimate of drug-likeness (QED) is 0.415. The zero-order valence-corrected chi connectivity index (χ0v) is 19.7. The number of benzene rings is 2. The van der Waals surface area contributed by atoms with Gasteiger partial charge in [-0.25, -0.2) is 4.68 Å². The highest BCUT2D eigenvalue weighted by Gasteiger charge is 2.24. The van der Waals surface area contributed by atoms with Crippen LogP contribution in [0.1, 0.15) is 28.0 Å². The van der Waals surface area contributed by atoms with Crippen LogP contribution in [0.4, 0.5) is 5.69 Å². The van der Waals surface area contributed by atoms with E-state index in [-0.39, 0.29) is 11.9 Å². The maximum absolute atomic E-state index is 13.0. The van der Waals surface area contributed by atoms with Crippen LogP contribution < -0.4 is 15.4 Å². The van der Waals surface area contributed by atoms with Crippen LogP contribution in [0.15, 0.2) is 59.8 Å². The number of nitrogens with zero attached hydrogens (tertiary/aromatic N) is 3. The SMILES string of the molecule is O=COc1ccc2nccc(-n3cc4c(n3)CCC(NC(=O)c3ccc5c(c3)NCCS5)C4)c2c1. The Morgan fingerprint density at radius 1 is 1.23 bits per heavy atom. The van der Waals surface area contributed by atoms with Gasteiger partial charge >= 0.3 is 0 Å². The van der Waals surface area contributed by atoms with Gasteiger partial charge in [0.05, 0.1) is 16.9 Å². The second-order valence-electron chi connectivity index (χ2n) is 8.67. The third-order valence-corrected chi connectivity index (χ3v) is 7.52. The summed E-state index contributed by atoms with van der Waals surface area (Å²) >= 11 is 1.81. The molecule has 1 unspecified atom stereocenters. The molecule has 0 radical (unpaired) electrons. The molecule has 3 heterocycles. The molecule has 9 heteroatoms. The van der Waals surface area contributed by atoms with Gasteiger partial charge in [-0.15, -0.1) is 11.8 Å². The van der Waals surface area contributed by atoms with Crippen molar-refractivity contribution in [3.8, 4) is 11.4 Å². The van der Waals surface area contributed by atoms with Crippen molar-refractivity contribution in [2.75, 3.05) is 17.6 Å². The lowest BCUT2D eigenvalue weighted by Crippen LogP contribution is -2.38. The number of rotatable bonds is 5. The van der Waals surface area contributed by atoms with Gasteiger partial charge in [-0.1, -0.05) is 0 Å². The van der Waals surface area contributed by atoms with Crippen molar-refractivity contribution in [1.29, 1.82) is 0 Å².